The number of nitrogen functional groups attached to an aromatic ring is 1. The number of amides is 1. The first-order chi connectivity index (χ1) is 9.72. The summed E-state index contributed by atoms with van der Waals surface area (Å²) in [4.78, 5) is 12.9. The molecule has 20 heavy (non-hydrogen) atoms. The van der Waals surface area contributed by atoms with E-state index in [4.69, 9.17) is 15.3 Å². The fraction of sp³-hybridized carbons (Fsp3) is 0.214. The summed E-state index contributed by atoms with van der Waals surface area (Å²) in [6, 6.07) is 11.3. The van der Waals surface area contributed by atoms with E-state index in [-0.39, 0.29) is 5.91 Å². The lowest BCUT2D eigenvalue weighted by molar-refractivity contribution is 0.0957. The predicted molar refractivity (Wildman–Crippen MR) is 77.5 cm³/mol. The molecule has 2 rings (SSSR count). The Hall–Kier alpha value is -1.89. The van der Waals surface area contributed by atoms with Crippen molar-refractivity contribution in [2.24, 2.45) is 5.84 Å². The highest BCUT2D eigenvalue weighted by atomic mass is 32.1. The largest absolute Gasteiger partial charge is 0.497 e. The second-order valence-corrected chi connectivity index (χ2v) is 5.25. The van der Waals surface area contributed by atoms with Crippen LogP contribution in [0.25, 0.3) is 0 Å². The van der Waals surface area contributed by atoms with Gasteiger partial charge in [-0.25, -0.2) is 5.84 Å². The molecule has 0 radical (unpaired) electrons. The van der Waals surface area contributed by atoms with Crippen molar-refractivity contribution >= 4 is 17.2 Å². The van der Waals surface area contributed by atoms with Gasteiger partial charge in [0.1, 0.15) is 5.75 Å². The van der Waals surface area contributed by atoms with Gasteiger partial charge in [0.15, 0.2) is 0 Å². The molecule has 0 unspecified atom stereocenters. The predicted octanol–water partition coefficient (Wildman–Crippen LogP) is 2.08. The molecule has 0 saturated heterocycles. The van der Waals surface area contributed by atoms with Crippen molar-refractivity contribution in [2.45, 2.75) is 13.2 Å². The van der Waals surface area contributed by atoms with Gasteiger partial charge in [-0.3, -0.25) is 10.2 Å². The number of ether oxygens (including phenoxy) is 2. The van der Waals surface area contributed by atoms with Crippen molar-refractivity contribution in [3.63, 3.8) is 0 Å². The first-order valence-corrected chi connectivity index (χ1v) is 6.85. The Morgan fingerprint density at radius 1 is 1.30 bits per heavy atom. The average molecular weight is 292 g/mol. The Morgan fingerprint density at radius 3 is 2.90 bits per heavy atom. The Bertz CT molecular complexity index is 583. The molecule has 2 aromatic rings. The number of benzene rings is 1. The number of hydrogen-bond acceptors (Lipinski definition) is 5. The van der Waals surface area contributed by atoms with Gasteiger partial charge in [0.2, 0.25) is 0 Å². The van der Waals surface area contributed by atoms with Gasteiger partial charge in [-0.05, 0) is 29.8 Å². The van der Waals surface area contributed by atoms with Gasteiger partial charge in [-0.2, -0.15) is 0 Å². The van der Waals surface area contributed by atoms with E-state index in [1.165, 1.54) is 11.3 Å². The van der Waals surface area contributed by atoms with E-state index in [9.17, 15) is 4.79 Å². The number of nitrogens with two attached hydrogens (primary N) is 1. The minimum atomic E-state index is -0.283. The molecule has 1 heterocycles. The standard InChI is InChI=1S/C14H16N2O3S/c1-18-11-4-2-3-10(7-11)8-19-9-12-5-6-13(20-12)14(17)16-15/h2-7H,8-9,15H2,1H3,(H,16,17). The molecular weight excluding hydrogens is 276 g/mol. The quantitative estimate of drug-likeness (QED) is 0.485. The zero-order valence-corrected chi connectivity index (χ0v) is 11.9. The maximum absolute atomic E-state index is 11.3. The van der Waals surface area contributed by atoms with E-state index in [2.05, 4.69) is 5.43 Å². The lowest BCUT2D eigenvalue weighted by atomic mass is 10.2. The molecule has 0 fully saturated rings. The fourth-order valence-electron chi connectivity index (χ4n) is 1.68. The van der Waals surface area contributed by atoms with E-state index < -0.39 is 0 Å². The van der Waals surface area contributed by atoms with Gasteiger partial charge in [0, 0.05) is 4.88 Å². The summed E-state index contributed by atoms with van der Waals surface area (Å²) >= 11 is 1.37. The molecular formula is C14H16N2O3S. The minimum absolute atomic E-state index is 0.283. The molecule has 0 spiro atoms. The zero-order valence-electron chi connectivity index (χ0n) is 11.1. The highest BCUT2D eigenvalue weighted by Gasteiger charge is 2.07. The lowest BCUT2D eigenvalue weighted by Crippen LogP contribution is -2.29. The molecule has 6 heteroatoms. The van der Waals surface area contributed by atoms with Crippen LogP contribution in [-0.4, -0.2) is 13.0 Å². The molecule has 1 aromatic carbocycles. The first kappa shape index (κ1) is 14.5. The monoisotopic (exact) mass is 292 g/mol. The summed E-state index contributed by atoms with van der Waals surface area (Å²) in [5.74, 6) is 5.61. The smallest absolute Gasteiger partial charge is 0.275 e. The third kappa shape index (κ3) is 3.80. The number of nitrogens with one attached hydrogen (secondary N) is 1. The summed E-state index contributed by atoms with van der Waals surface area (Å²) in [5, 5.41) is 0. The van der Waals surface area contributed by atoms with Crippen LogP contribution < -0.4 is 16.0 Å². The van der Waals surface area contributed by atoms with E-state index in [1.54, 1.807) is 13.2 Å². The number of hydrazine groups is 1. The maximum atomic E-state index is 11.3. The molecule has 3 N–H and O–H groups in total. The maximum Gasteiger partial charge on any atom is 0.275 e. The summed E-state index contributed by atoms with van der Waals surface area (Å²) in [6.45, 7) is 0.952. The molecule has 106 valence electrons. The zero-order chi connectivity index (χ0) is 14.4. The Balaban J connectivity index is 1.86. The van der Waals surface area contributed by atoms with Crippen LogP contribution in [0.3, 0.4) is 0 Å². The molecule has 0 atom stereocenters. The first-order valence-electron chi connectivity index (χ1n) is 6.03. The van der Waals surface area contributed by atoms with E-state index in [1.807, 2.05) is 30.3 Å². The van der Waals surface area contributed by atoms with Gasteiger partial charge in [-0.1, -0.05) is 12.1 Å². The number of carbonyl (C=O) groups is 1. The Morgan fingerprint density at radius 2 is 2.15 bits per heavy atom. The fourth-order valence-corrected chi connectivity index (χ4v) is 2.53. The molecule has 5 nitrogen and oxygen atoms in total. The van der Waals surface area contributed by atoms with Crippen LogP contribution in [0.4, 0.5) is 0 Å². The molecule has 0 aliphatic heterocycles. The van der Waals surface area contributed by atoms with Crippen molar-refractivity contribution in [3.8, 4) is 5.75 Å². The third-order valence-corrected chi connectivity index (χ3v) is 3.72. The van der Waals surface area contributed by atoms with Crippen molar-refractivity contribution in [2.75, 3.05) is 7.11 Å². The van der Waals surface area contributed by atoms with Crippen LogP contribution in [0.1, 0.15) is 20.1 Å². The van der Waals surface area contributed by atoms with Gasteiger partial charge in [-0.15, -0.1) is 11.3 Å². The minimum Gasteiger partial charge on any atom is -0.497 e. The van der Waals surface area contributed by atoms with Crippen LogP contribution in [0.2, 0.25) is 0 Å². The van der Waals surface area contributed by atoms with Crippen molar-refractivity contribution in [3.05, 3.63) is 51.7 Å². The highest BCUT2D eigenvalue weighted by Crippen LogP contribution is 2.18. The van der Waals surface area contributed by atoms with Crippen LogP contribution in [0.15, 0.2) is 36.4 Å². The number of thiophene rings is 1. The van der Waals surface area contributed by atoms with Gasteiger partial charge < -0.3 is 9.47 Å². The third-order valence-electron chi connectivity index (χ3n) is 2.66. The highest BCUT2D eigenvalue weighted by molar-refractivity contribution is 7.14. The molecule has 0 bridgehead atoms. The summed E-state index contributed by atoms with van der Waals surface area (Å²) in [6.07, 6.45) is 0. The molecule has 0 aliphatic rings. The van der Waals surface area contributed by atoms with E-state index >= 15 is 0 Å². The SMILES string of the molecule is COc1cccc(COCc2ccc(C(=O)NN)s2)c1. The van der Waals surface area contributed by atoms with Gasteiger partial charge in [0.25, 0.3) is 5.91 Å². The lowest BCUT2D eigenvalue weighted by Gasteiger charge is -2.05. The Kier molecular flexibility index (Phi) is 5.11. The van der Waals surface area contributed by atoms with Crippen molar-refractivity contribution in [1.29, 1.82) is 0 Å². The van der Waals surface area contributed by atoms with Crippen LogP contribution in [0.5, 0.6) is 5.75 Å². The topological polar surface area (TPSA) is 73.6 Å². The normalized spacial score (nSPS) is 10.3. The van der Waals surface area contributed by atoms with Crippen LogP contribution in [-0.2, 0) is 18.0 Å². The van der Waals surface area contributed by atoms with Gasteiger partial charge >= 0.3 is 0 Å². The van der Waals surface area contributed by atoms with Gasteiger partial charge in [0.05, 0.1) is 25.2 Å². The van der Waals surface area contributed by atoms with Crippen LogP contribution >= 0.6 is 11.3 Å². The second-order valence-electron chi connectivity index (χ2n) is 4.08. The van der Waals surface area contributed by atoms with Crippen molar-refractivity contribution < 1.29 is 14.3 Å². The van der Waals surface area contributed by atoms with Crippen LogP contribution in [0, 0.1) is 0 Å². The van der Waals surface area contributed by atoms with E-state index in [0.717, 1.165) is 16.2 Å². The summed E-state index contributed by atoms with van der Waals surface area (Å²) in [7, 11) is 1.63. The Labute approximate surface area is 121 Å². The number of methoxy groups -OCH3 is 1. The van der Waals surface area contributed by atoms with Crippen molar-refractivity contribution in [1.82, 2.24) is 5.43 Å². The number of hydrogen-bond donors (Lipinski definition) is 2. The number of carbonyl (C=O) groups excluding carboxylic acids is 1. The molecule has 1 amide bonds. The average Bonchev–Trinajstić information content (AvgIpc) is 2.95. The molecule has 0 aliphatic carbocycles. The summed E-state index contributed by atoms with van der Waals surface area (Å²) in [5.41, 5.74) is 3.15. The number of rotatable bonds is 6. The molecule has 1 aromatic heterocycles. The van der Waals surface area contributed by atoms with E-state index in [0.29, 0.717) is 18.1 Å². The molecule has 0 saturated carbocycles. The summed E-state index contributed by atoms with van der Waals surface area (Å²) < 4.78 is 10.8. The second kappa shape index (κ2) is 7.04.